The van der Waals surface area contributed by atoms with E-state index in [4.69, 9.17) is 9.15 Å². The summed E-state index contributed by atoms with van der Waals surface area (Å²) in [4.78, 5) is 37.1. The summed E-state index contributed by atoms with van der Waals surface area (Å²) in [7, 11) is 0. The molecule has 0 radical (unpaired) electrons. The number of rotatable bonds is 6. The Labute approximate surface area is 173 Å². The normalized spacial score (nSPS) is 20.0. The number of aromatic nitrogens is 2. The van der Waals surface area contributed by atoms with Crippen LogP contribution in [-0.4, -0.2) is 61.3 Å². The van der Waals surface area contributed by atoms with Gasteiger partial charge < -0.3 is 29.6 Å². The Bertz CT molecular complexity index is 907. The number of anilines is 1. The van der Waals surface area contributed by atoms with Gasteiger partial charge in [-0.05, 0) is 25.1 Å². The number of esters is 1. The standard InChI is InChI=1S/C20H24N6O4/c1-2-29-18(27)16-14(23-20(28)24-17(16)15-5-3-12-30-15)13-25-8-10-26(11-9-25)19-21-6-4-7-22-19/h3-7,12,17H,2,8-11,13H2,1H3,(H2,23,24,28)/p+1/t17-/m0/s1. The fourth-order valence-electron chi connectivity index (χ4n) is 3.78. The topological polar surface area (TPSA) is 114 Å². The lowest BCUT2D eigenvalue weighted by Crippen LogP contribution is -3.15. The quantitative estimate of drug-likeness (QED) is 0.555. The number of piperazine rings is 1. The first kappa shape index (κ1) is 19.9. The lowest BCUT2D eigenvalue weighted by molar-refractivity contribution is -0.896. The molecule has 158 valence electrons. The zero-order valence-corrected chi connectivity index (χ0v) is 16.8. The zero-order chi connectivity index (χ0) is 20.9. The van der Waals surface area contributed by atoms with E-state index in [9.17, 15) is 9.59 Å². The van der Waals surface area contributed by atoms with Gasteiger partial charge in [-0.1, -0.05) is 0 Å². The zero-order valence-electron chi connectivity index (χ0n) is 16.8. The third-order valence-electron chi connectivity index (χ3n) is 5.21. The number of furan rings is 1. The molecule has 0 aromatic carbocycles. The van der Waals surface area contributed by atoms with Crippen molar-refractivity contribution in [2.24, 2.45) is 0 Å². The Balaban J connectivity index is 1.53. The summed E-state index contributed by atoms with van der Waals surface area (Å²) in [6, 6.07) is 4.21. The Hall–Kier alpha value is -3.40. The molecule has 2 aliphatic heterocycles. The van der Waals surface area contributed by atoms with E-state index in [0.717, 1.165) is 32.1 Å². The van der Waals surface area contributed by atoms with Crippen LogP contribution in [0, 0.1) is 0 Å². The summed E-state index contributed by atoms with van der Waals surface area (Å²) < 4.78 is 10.7. The van der Waals surface area contributed by atoms with Gasteiger partial charge in [-0.15, -0.1) is 0 Å². The van der Waals surface area contributed by atoms with E-state index in [1.165, 1.54) is 11.2 Å². The summed E-state index contributed by atoms with van der Waals surface area (Å²) >= 11 is 0. The molecule has 0 bridgehead atoms. The van der Waals surface area contributed by atoms with Crippen LogP contribution < -0.4 is 20.4 Å². The van der Waals surface area contributed by atoms with E-state index < -0.39 is 12.0 Å². The smallest absolute Gasteiger partial charge is 0.338 e. The minimum atomic E-state index is -0.679. The van der Waals surface area contributed by atoms with Crippen LogP contribution in [0.3, 0.4) is 0 Å². The highest BCUT2D eigenvalue weighted by molar-refractivity contribution is 5.95. The highest BCUT2D eigenvalue weighted by Gasteiger charge is 2.37. The first-order valence-corrected chi connectivity index (χ1v) is 10.0. The molecule has 4 heterocycles. The molecule has 10 nitrogen and oxygen atoms in total. The highest BCUT2D eigenvalue weighted by atomic mass is 16.5. The molecule has 1 saturated heterocycles. The average molecular weight is 413 g/mol. The third-order valence-corrected chi connectivity index (χ3v) is 5.21. The number of ether oxygens (including phenoxy) is 1. The first-order chi connectivity index (χ1) is 14.7. The van der Waals surface area contributed by atoms with Crippen LogP contribution in [0.15, 0.2) is 52.5 Å². The molecule has 1 fully saturated rings. The number of quaternary nitrogens is 1. The van der Waals surface area contributed by atoms with Crippen molar-refractivity contribution in [3.05, 3.63) is 53.9 Å². The fraction of sp³-hybridized carbons (Fsp3) is 0.400. The molecule has 0 spiro atoms. The van der Waals surface area contributed by atoms with E-state index in [0.29, 0.717) is 23.6 Å². The van der Waals surface area contributed by atoms with Gasteiger partial charge in [0.2, 0.25) is 5.95 Å². The maximum absolute atomic E-state index is 12.8. The largest absolute Gasteiger partial charge is 0.467 e. The molecule has 0 aliphatic carbocycles. The Morgan fingerprint density at radius 1 is 1.30 bits per heavy atom. The number of nitrogens with one attached hydrogen (secondary N) is 3. The molecular formula is C20H25N6O4+. The van der Waals surface area contributed by atoms with Gasteiger partial charge in [0, 0.05) is 12.4 Å². The summed E-state index contributed by atoms with van der Waals surface area (Å²) in [5.41, 5.74) is 0.950. The van der Waals surface area contributed by atoms with Crippen LogP contribution in [-0.2, 0) is 9.53 Å². The van der Waals surface area contributed by atoms with Crippen molar-refractivity contribution >= 4 is 17.9 Å². The maximum atomic E-state index is 12.8. The molecule has 2 aromatic heterocycles. The van der Waals surface area contributed by atoms with Crippen molar-refractivity contribution in [3.8, 4) is 0 Å². The van der Waals surface area contributed by atoms with Crippen LogP contribution in [0.4, 0.5) is 10.7 Å². The molecule has 30 heavy (non-hydrogen) atoms. The summed E-state index contributed by atoms with van der Waals surface area (Å²) in [6.07, 6.45) is 4.98. The minimum absolute atomic E-state index is 0.247. The van der Waals surface area contributed by atoms with E-state index in [1.54, 1.807) is 37.5 Å². The second-order valence-electron chi connectivity index (χ2n) is 7.12. The molecule has 3 N–H and O–H groups in total. The molecule has 2 aliphatic rings. The molecule has 4 rings (SSSR count). The molecule has 0 unspecified atom stereocenters. The monoisotopic (exact) mass is 413 g/mol. The Morgan fingerprint density at radius 3 is 2.73 bits per heavy atom. The van der Waals surface area contributed by atoms with Crippen LogP contribution in [0.1, 0.15) is 18.7 Å². The predicted molar refractivity (Wildman–Crippen MR) is 107 cm³/mol. The van der Waals surface area contributed by atoms with Gasteiger partial charge >= 0.3 is 12.0 Å². The second-order valence-corrected chi connectivity index (χ2v) is 7.12. The number of urea groups is 1. The highest BCUT2D eigenvalue weighted by Crippen LogP contribution is 2.27. The lowest BCUT2D eigenvalue weighted by atomic mass is 9.99. The number of hydrogen-bond acceptors (Lipinski definition) is 7. The molecule has 2 amide bonds. The van der Waals surface area contributed by atoms with Gasteiger partial charge in [0.05, 0.1) is 50.3 Å². The minimum Gasteiger partial charge on any atom is -0.467 e. The third kappa shape index (κ3) is 4.28. The van der Waals surface area contributed by atoms with E-state index >= 15 is 0 Å². The number of hydrogen-bond donors (Lipinski definition) is 3. The SMILES string of the molecule is CCOC(=O)C1=C(C[NH+]2CCN(c3ncccn3)CC2)NC(=O)N[C@H]1c1ccco1. The second kappa shape index (κ2) is 8.95. The average Bonchev–Trinajstić information content (AvgIpc) is 3.29. The fourth-order valence-corrected chi connectivity index (χ4v) is 3.78. The van der Waals surface area contributed by atoms with E-state index in [2.05, 4.69) is 25.5 Å². The first-order valence-electron chi connectivity index (χ1n) is 10.0. The van der Waals surface area contributed by atoms with Crippen LogP contribution >= 0.6 is 0 Å². The lowest BCUT2D eigenvalue weighted by Gasteiger charge is -2.34. The van der Waals surface area contributed by atoms with E-state index in [-0.39, 0.29) is 12.6 Å². The molecule has 1 atom stereocenters. The summed E-state index contributed by atoms with van der Waals surface area (Å²) in [6.45, 7) is 5.73. The van der Waals surface area contributed by atoms with Crippen molar-refractivity contribution in [1.82, 2.24) is 20.6 Å². The molecule has 0 saturated carbocycles. The van der Waals surface area contributed by atoms with E-state index in [1.807, 2.05) is 0 Å². The maximum Gasteiger partial charge on any atom is 0.338 e. The van der Waals surface area contributed by atoms with Crippen molar-refractivity contribution in [2.75, 3.05) is 44.2 Å². The number of carbonyl (C=O) groups is 2. The predicted octanol–water partition coefficient (Wildman–Crippen LogP) is -0.354. The van der Waals surface area contributed by atoms with Crippen LogP contribution in [0.2, 0.25) is 0 Å². The molecular weight excluding hydrogens is 388 g/mol. The summed E-state index contributed by atoms with van der Waals surface area (Å²) in [5.74, 6) is 0.750. The van der Waals surface area contributed by atoms with Crippen molar-refractivity contribution in [2.45, 2.75) is 13.0 Å². The molecule has 2 aromatic rings. The molecule has 10 heteroatoms. The van der Waals surface area contributed by atoms with Crippen molar-refractivity contribution in [3.63, 3.8) is 0 Å². The number of amides is 2. The van der Waals surface area contributed by atoms with Gasteiger partial charge in [0.25, 0.3) is 0 Å². The van der Waals surface area contributed by atoms with Gasteiger partial charge in [0.15, 0.2) is 0 Å². The number of nitrogens with zero attached hydrogens (tertiary/aromatic N) is 3. The summed E-state index contributed by atoms with van der Waals surface area (Å²) in [5, 5.41) is 5.58. The van der Waals surface area contributed by atoms with Gasteiger partial charge in [-0.25, -0.2) is 19.6 Å². The Morgan fingerprint density at radius 2 is 2.07 bits per heavy atom. The Kier molecular flexibility index (Phi) is 5.94. The van der Waals surface area contributed by atoms with Gasteiger partial charge in [-0.2, -0.15) is 0 Å². The van der Waals surface area contributed by atoms with Crippen molar-refractivity contribution < 1.29 is 23.6 Å². The van der Waals surface area contributed by atoms with Crippen molar-refractivity contribution in [1.29, 1.82) is 0 Å². The van der Waals surface area contributed by atoms with Gasteiger partial charge in [0.1, 0.15) is 18.3 Å². The van der Waals surface area contributed by atoms with Crippen LogP contribution in [0.5, 0.6) is 0 Å². The van der Waals surface area contributed by atoms with Gasteiger partial charge in [-0.3, -0.25) is 0 Å². The number of carbonyl (C=O) groups excluding carboxylic acids is 2. The van der Waals surface area contributed by atoms with Crippen LogP contribution in [0.25, 0.3) is 0 Å².